The number of aryl methyl sites for hydroxylation is 2. The van der Waals surface area contributed by atoms with E-state index < -0.39 is 0 Å². The number of benzene rings is 3. The van der Waals surface area contributed by atoms with E-state index in [9.17, 15) is 0 Å². The molecular weight excluding hydrogens is 791 g/mol. The van der Waals surface area contributed by atoms with Gasteiger partial charge in [0.15, 0.2) is 0 Å². The summed E-state index contributed by atoms with van der Waals surface area (Å²) >= 11 is 6.94. The molecule has 0 fully saturated rings. The van der Waals surface area contributed by atoms with Crippen LogP contribution in [0.3, 0.4) is 0 Å². The van der Waals surface area contributed by atoms with Gasteiger partial charge in [-0.1, -0.05) is 29.8 Å². The molecule has 0 aliphatic rings. The van der Waals surface area contributed by atoms with Crippen molar-refractivity contribution in [3.63, 3.8) is 0 Å². The Hall–Kier alpha value is -1.02. The van der Waals surface area contributed by atoms with Gasteiger partial charge in [-0.25, -0.2) is 0 Å². The van der Waals surface area contributed by atoms with E-state index in [1.807, 2.05) is 0 Å². The second-order valence-corrected chi connectivity index (χ2v) is 12.4. The molecular formula is C25H25I2N3Pt. The van der Waals surface area contributed by atoms with Crippen molar-refractivity contribution in [3.05, 3.63) is 112 Å². The van der Waals surface area contributed by atoms with Gasteiger partial charge in [-0.05, 0) is 12.5 Å². The van der Waals surface area contributed by atoms with Crippen molar-refractivity contribution in [2.45, 2.75) is 20.0 Å². The molecule has 4 aromatic rings. The molecule has 3 aromatic carbocycles. The third-order valence-corrected chi connectivity index (χ3v) is 6.85. The number of rotatable bonds is 5. The van der Waals surface area contributed by atoms with Gasteiger partial charge in [-0.2, -0.15) is 1.33 Å². The van der Waals surface area contributed by atoms with Gasteiger partial charge in [-0.15, -0.1) is 0 Å². The van der Waals surface area contributed by atoms with Crippen LogP contribution in [-0.4, -0.2) is 10.5 Å². The predicted molar refractivity (Wildman–Crippen MR) is 142 cm³/mol. The van der Waals surface area contributed by atoms with Crippen LogP contribution in [-0.2, 0) is 39.5 Å². The predicted octanol–water partition coefficient (Wildman–Crippen LogP) is 7.12. The van der Waals surface area contributed by atoms with Gasteiger partial charge >= 0.3 is 130 Å². The van der Waals surface area contributed by atoms with Crippen molar-refractivity contribution < 1.29 is 19.4 Å². The molecule has 4 rings (SSSR count). The Morgan fingerprint density at radius 2 is 1.39 bits per heavy atom. The van der Waals surface area contributed by atoms with Crippen LogP contribution in [0.15, 0.2) is 91.1 Å². The fraction of sp³-hybridized carbons (Fsp3) is 0.160. The fourth-order valence-corrected chi connectivity index (χ4v) is 4.55. The third-order valence-electron chi connectivity index (χ3n) is 4.76. The molecule has 0 bridgehead atoms. The van der Waals surface area contributed by atoms with Gasteiger partial charge in [0.2, 0.25) is 0 Å². The quantitative estimate of drug-likeness (QED) is 0.155. The monoisotopic (exact) mass is 816 g/mol. The molecule has 0 atom stereocenters. The van der Waals surface area contributed by atoms with Crippen molar-refractivity contribution >= 4 is 45.7 Å². The molecule has 0 aliphatic carbocycles. The topological polar surface area (TPSA) is 13.1 Å². The van der Waals surface area contributed by atoms with Gasteiger partial charge in [-0.3, -0.25) is 0 Å². The second kappa shape index (κ2) is 12.3. The van der Waals surface area contributed by atoms with Crippen LogP contribution >= 0.6 is 45.7 Å². The number of aromatic nitrogens is 2. The summed E-state index contributed by atoms with van der Waals surface area (Å²) < 4.78 is 7.87. The maximum atomic E-state index is 2.39. The molecule has 0 spiro atoms. The van der Waals surface area contributed by atoms with E-state index in [-0.39, 0.29) is 0 Å². The zero-order chi connectivity index (χ0) is 22.2. The number of hydrogen-bond acceptors (Lipinski definition) is 1. The Morgan fingerprint density at radius 3 is 1.97 bits per heavy atom. The molecule has 0 aliphatic heterocycles. The zero-order valence-corrected chi connectivity index (χ0v) is 24.1. The minimum atomic E-state index is 0.894. The SMILES string of the molecule is Cc1ccc(CN(I)I)cc1.Cn1cc(-c2ccccc2)n(Cc2ccccc2)[c]1=[Pt]. The van der Waals surface area contributed by atoms with Gasteiger partial charge in [0, 0.05) is 52.3 Å². The molecule has 0 amide bonds. The molecule has 0 unspecified atom stereocenters. The Kier molecular flexibility index (Phi) is 9.75. The van der Waals surface area contributed by atoms with Crippen molar-refractivity contribution in [1.82, 2.24) is 10.5 Å². The van der Waals surface area contributed by atoms with E-state index in [0.29, 0.717) is 0 Å². The van der Waals surface area contributed by atoms with E-state index in [0.717, 1.165) is 13.1 Å². The van der Waals surface area contributed by atoms with Crippen molar-refractivity contribution in [1.29, 1.82) is 0 Å². The zero-order valence-electron chi connectivity index (χ0n) is 17.5. The first kappa shape index (κ1) is 24.6. The molecule has 0 N–H and O–H groups in total. The number of imidazole rings is 1. The first-order chi connectivity index (χ1) is 14.9. The van der Waals surface area contributed by atoms with E-state index in [1.54, 1.807) is 0 Å². The van der Waals surface area contributed by atoms with E-state index in [2.05, 4.69) is 181 Å². The average molecular weight is 816 g/mol. The molecule has 1 heterocycles. The molecule has 0 saturated carbocycles. The van der Waals surface area contributed by atoms with Gasteiger partial charge in [0.25, 0.3) is 0 Å². The summed E-state index contributed by atoms with van der Waals surface area (Å²) in [5.41, 5.74) is 6.50. The normalized spacial score (nSPS) is 10.7. The molecule has 1 aromatic heterocycles. The molecule has 0 radical (unpaired) electrons. The Balaban J connectivity index is 0.000000210. The summed E-state index contributed by atoms with van der Waals surface area (Å²) in [6, 6.07) is 29.8. The summed E-state index contributed by atoms with van der Waals surface area (Å²) in [6.07, 6.45) is 2.20. The summed E-state index contributed by atoms with van der Waals surface area (Å²) in [6.45, 7) is 4.00. The number of hydrogen-bond donors (Lipinski definition) is 0. The van der Waals surface area contributed by atoms with E-state index in [1.165, 1.54) is 31.8 Å². The fourth-order valence-electron chi connectivity index (χ4n) is 3.17. The standard InChI is InChI=1S/C17H16N2.C8H9I2N.Pt/c1-18-13-17(16-10-6-3-7-11-16)19(14-18)12-15-8-4-2-5-9-15;1-7-2-4-8(5-3-7)6-11(9)10;/h2-11,13H,12H2,1H3;2-5H,6H2,1H3;. The van der Waals surface area contributed by atoms with Crippen molar-refractivity contribution in [2.75, 3.05) is 0 Å². The van der Waals surface area contributed by atoms with Gasteiger partial charge < -0.3 is 0 Å². The molecule has 3 nitrogen and oxygen atoms in total. The third kappa shape index (κ3) is 7.51. The first-order valence-electron chi connectivity index (χ1n) is 9.89. The summed E-state index contributed by atoms with van der Waals surface area (Å²) in [4.78, 5) is 0. The summed E-state index contributed by atoms with van der Waals surface area (Å²) in [5.74, 6) is 0. The van der Waals surface area contributed by atoms with Crippen LogP contribution in [0, 0.1) is 10.7 Å². The van der Waals surface area contributed by atoms with Crippen LogP contribution in [0.25, 0.3) is 11.3 Å². The van der Waals surface area contributed by atoms with Crippen LogP contribution in [0.1, 0.15) is 16.7 Å². The number of nitrogens with zero attached hydrogens (tertiary/aromatic N) is 3. The van der Waals surface area contributed by atoms with Gasteiger partial charge in [0.05, 0.1) is 0 Å². The van der Waals surface area contributed by atoms with Crippen LogP contribution in [0.4, 0.5) is 0 Å². The Morgan fingerprint density at radius 1 is 0.806 bits per heavy atom. The van der Waals surface area contributed by atoms with Crippen LogP contribution in [0.5, 0.6) is 0 Å². The number of halogens is 2. The second-order valence-electron chi connectivity index (χ2n) is 7.25. The Labute approximate surface area is 223 Å². The van der Waals surface area contributed by atoms with Crippen molar-refractivity contribution in [3.8, 4) is 11.3 Å². The molecule has 31 heavy (non-hydrogen) atoms. The van der Waals surface area contributed by atoms with E-state index in [4.69, 9.17) is 0 Å². The summed E-state index contributed by atoms with van der Waals surface area (Å²) in [5, 5.41) is 0. The van der Waals surface area contributed by atoms with E-state index >= 15 is 0 Å². The van der Waals surface area contributed by atoms with Crippen LogP contribution < -0.4 is 0 Å². The molecule has 0 saturated heterocycles. The van der Waals surface area contributed by atoms with Gasteiger partial charge in [0.1, 0.15) is 0 Å². The molecule has 6 heteroatoms. The average Bonchev–Trinajstić information content (AvgIpc) is 3.05. The summed E-state index contributed by atoms with van der Waals surface area (Å²) in [7, 11) is 2.09. The van der Waals surface area contributed by atoms with Crippen molar-refractivity contribution in [2.24, 2.45) is 7.05 Å². The Bertz CT molecular complexity index is 1140. The van der Waals surface area contributed by atoms with Crippen LogP contribution in [0.2, 0.25) is 0 Å². The molecule has 164 valence electrons. The minimum absolute atomic E-state index is 0.894. The maximum absolute atomic E-state index is 2.39. The first-order valence-corrected chi connectivity index (χ1v) is 13.0.